The maximum atomic E-state index is 5.84. The van der Waals surface area contributed by atoms with E-state index in [4.69, 9.17) is 8.83 Å². The number of nitrogens with zero attached hydrogens (tertiary/aromatic N) is 4. The van der Waals surface area contributed by atoms with E-state index in [1.165, 1.54) is 33.4 Å². The first-order valence-corrected chi connectivity index (χ1v) is 16.2. The molecular weight excluding hydrogens is 604 g/mol. The predicted octanol–water partition coefficient (Wildman–Crippen LogP) is 10.1. The van der Waals surface area contributed by atoms with Gasteiger partial charge < -0.3 is 8.83 Å². The monoisotopic (exact) mass is 634 g/mol. The van der Waals surface area contributed by atoms with Gasteiger partial charge in [-0.25, -0.2) is 9.97 Å². The van der Waals surface area contributed by atoms with Crippen molar-refractivity contribution in [1.82, 2.24) is 19.9 Å². The van der Waals surface area contributed by atoms with Crippen molar-refractivity contribution < 1.29 is 8.83 Å². The largest absolute Gasteiger partial charge is 0.441 e. The normalized spacial score (nSPS) is 12.9. The minimum atomic E-state index is -0.584. The maximum absolute atomic E-state index is 5.84. The Bertz CT molecular complexity index is 2310. The molecule has 234 valence electrons. The van der Waals surface area contributed by atoms with Gasteiger partial charge in [0.1, 0.15) is 0 Å². The van der Waals surface area contributed by atoms with Gasteiger partial charge in [-0.05, 0) is 68.8 Å². The molecule has 0 bridgehead atoms. The first kappa shape index (κ1) is 28.8. The lowest BCUT2D eigenvalue weighted by molar-refractivity contribution is 0.534. The summed E-state index contributed by atoms with van der Waals surface area (Å²) in [5.41, 5.74) is 12.6. The van der Waals surface area contributed by atoms with Gasteiger partial charge in [-0.3, -0.25) is 9.97 Å². The van der Waals surface area contributed by atoms with Crippen molar-refractivity contribution in [2.24, 2.45) is 0 Å². The second kappa shape index (κ2) is 11.4. The summed E-state index contributed by atoms with van der Waals surface area (Å²) in [5, 5.41) is 0. The molecule has 0 aliphatic heterocycles. The van der Waals surface area contributed by atoms with Crippen LogP contribution < -0.4 is 0 Å². The van der Waals surface area contributed by atoms with Crippen LogP contribution >= 0.6 is 0 Å². The van der Waals surface area contributed by atoms with Crippen molar-refractivity contribution in [2.45, 2.75) is 19.3 Å². The SMILES string of the molecule is Cc1ncc(-c2cncc(-c3ccc4c(c3)C(c3ccccc3)(c3ccccc3)c3cc(-c5cncc(-c6cnc(C)o6)c5)ccc3-4)c2)o1. The van der Waals surface area contributed by atoms with E-state index in [0.29, 0.717) is 23.3 Å². The van der Waals surface area contributed by atoms with Crippen LogP contribution in [0.3, 0.4) is 0 Å². The Morgan fingerprint density at radius 3 is 1.27 bits per heavy atom. The molecular formula is C43H30N4O2. The van der Waals surface area contributed by atoms with E-state index in [-0.39, 0.29) is 0 Å². The van der Waals surface area contributed by atoms with Crippen LogP contribution in [0.4, 0.5) is 0 Å². The number of oxazole rings is 2. The molecule has 1 aliphatic carbocycles. The van der Waals surface area contributed by atoms with Crippen LogP contribution in [0.25, 0.3) is 56.0 Å². The van der Waals surface area contributed by atoms with Crippen molar-refractivity contribution in [3.63, 3.8) is 0 Å². The highest BCUT2D eigenvalue weighted by atomic mass is 16.4. The first-order chi connectivity index (χ1) is 24.1. The lowest BCUT2D eigenvalue weighted by Crippen LogP contribution is -2.28. The van der Waals surface area contributed by atoms with Gasteiger partial charge in [-0.2, -0.15) is 0 Å². The van der Waals surface area contributed by atoms with Crippen LogP contribution in [0.1, 0.15) is 34.0 Å². The van der Waals surface area contributed by atoms with Gasteiger partial charge in [-0.1, -0.05) is 84.9 Å². The summed E-state index contributed by atoms with van der Waals surface area (Å²) < 4.78 is 11.7. The number of benzene rings is 4. The van der Waals surface area contributed by atoms with Gasteiger partial charge in [0.15, 0.2) is 23.3 Å². The average Bonchev–Trinajstić information content (AvgIpc) is 3.88. The number of pyridine rings is 2. The molecule has 4 heterocycles. The van der Waals surface area contributed by atoms with Crippen molar-refractivity contribution in [3.8, 4) is 56.0 Å². The molecule has 0 fully saturated rings. The highest BCUT2D eigenvalue weighted by Crippen LogP contribution is 2.57. The minimum absolute atomic E-state index is 0.584. The zero-order valence-electron chi connectivity index (χ0n) is 27.0. The number of hydrogen-bond acceptors (Lipinski definition) is 6. The van der Waals surface area contributed by atoms with Gasteiger partial charge in [0, 0.05) is 60.9 Å². The second-order valence-corrected chi connectivity index (χ2v) is 12.4. The Balaban J connectivity index is 1.27. The first-order valence-electron chi connectivity index (χ1n) is 16.2. The molecule has 6 nitrogen and oxygen atoms in total. The average molecular weight is 635 g/mol. The van der Waals surface area contributed by atoms with Crippen LogP contribution in [0.15, 0.2) is 155 Å². The van der Waals surface area contributed by atoms with E-state index in [1.807, 2.05) is 38.6 Å². The third-order valence-corrected chi connectivity index (χ3v) is 9.51. The van der Waals surface area contributed by atoms with Crippen molar-refractivity contribution in [2.75, 3.05) is 0 Å². The van der Waals surface area contributed by atoms with Gasteiger partial charge in [0.2, 0.25) is 0 Å². The summed E-state index contributed by atoms with van der Waals surface area (Å²) in [6.07, 6.45) is 11.0. The van der Waals surface area contributed by atoms with Crippen LogP contribution in [-0.2, 0) is 5.41 Å². The Hall–Kier alpha value is -6.40. The van der Waals surface area contributed by atoms with E-state index in [1.54, 1.807) is 12.4 Å². The smallest absolute Gasteiger partial charge is 0.191 e. The molecule has 0 atom stereocenters. The fraction of sp³-hybridized carbons (Fsp3) is 0.0698. The van der Waals surface area contributed by atoms with E-state index < -0.39 is 5.41 Å². The third-order valence-electron chi connectivity index (χ3n) is 9.51. The van der Waals surface area contributed by atoms with Crippen molar-refractivity contribution in [3.05, 3.63) is 180 Å². The number of rotatable bonds is 6. The number of aryl methyl sites for hydroxylation is 2. The molecule has 0 unspecified atom stereocenters. The van der Waals surface area contributed by atoms with Crippen LogP contribution in [0, 0.1) is 13.8 Å². The number of hydrogen-bond donors (Lipinski definition) is 0. The highest BCUT2D eigenvalue weighted by Gasteiger charge is 2.46. The van der Waals surface area contributed by atoms with Crippen molar-refractivity contribution >= 4 is 0 Å². The Labute approximate surface area is 283 Å². The van der Waals surface area contributed by atoms with Gasteiger partial charge >= 0.3 is 0 Å². The fourth-order valence-electron chi connectivity index (χ4n) is 7.30. The summed E-state index contributed by atoms with van der Waals surface area (Å²) in [4.78, 5) is 17.8. The summed E-state index contributed by atoms with van der Waals surface area (Å²) in [7, 11) is 0. The molecule has 0 spiro atoms. The molecule has 0 amide bonds. The minimum Gasteiger partial charge on any atom is -0.441 e. The lowest BCUT2D eigenvalue weighted by atomic mass is 9.67. The van der Waals surface area contributed by atoms with Gasteiger partial charge in [0.25, 0.3) is 0 Å². The molecule has 4 aromatic heterocycles. The van der Waals surface area contributed by atoms with Crippen LogP contribution in [0.2, 0.25) is 0 Å². The quantitative estimate of drug-likeness (QED) is 0.181. The molecule has 0 N–H and O–H groups in total. The zero-order valence-corrected chi connectivity index (χ0v) is 27.0. The summed E-state index contributed by atoms with van der Waals surface area (Å²) in [5.74, 6) is 2.66. The summed E-state index contributed by atoms with van der Waals surface area (Å²) in [6, 6.07) is 39.5. The molecule has 9 rings (SSSR count). The molecule has 49 heavy (non-hydrogen) atoms. The van der Waals surface area contributed by atoms with E-state index in [0.717, 1.165) is 33.4 Å². The van der Waals surface area contributed by atoms with Crippen molar-refractivity contribution in [1.29, 1.82) is 0 Å². The number of fused-ring (bicyclic) bond motifs is 3. The standard InChI is InChI=1S/C43H30N4O2/c1-27-46-25-41(48-27)33-17-31(21-44-23-33)29-13-15-37-38-16-14-30(32-18-34(24-45-22-32)42-26-47-28(2)49-42)20-40(38)43(39(37)19-29,35-9-5-3-6-10-35)36-11-7-4-8-12-36/h3-26H,1-2H3. The maximum Gasteiger partial charge on any atom is 0.191 e. The molecule has 0 radical (unpaired) electrons. The zero-order chi connectivity index (χ0) is 33.0. The summed E-state index contributed by atoms with van der Waals surface area (Å²) in [6.45, 7) is 3.70. The third kappa shape index (κ3) is 4.72. The molecule has 4 aromatic carbocycles. The summed E-state index contributed by atoms with van der Waals surface area (Å²) >= 11 is 0. The second-order valence-electron chi connectivity index (χ2n) is 12.4. The molecule has 1 aliphatic rings. The fourth-order valence-corrected chi connectivity index (χ4v) is 7.30. The topological polar surface area (TPSA) is 77.8 Å². The molecule has 0 saturated carbocycles. The van der Waals surface area contributed by atoms with Crippen LogP contribution in [-0.4, -0.2) is 19.9 Å². The molecule has 0 saturated heterocycles. The molecule has 6 heteroatoms. The van der Waals surface area contributed by atoms with E-state index in [2.05, 4.69) is 129 Å². The Morgan fingerprint density at radius 1 is 0.429 bits per heavy atom. The molecule has 8 aromatic rings. The van der Waals surface area contributed by atoms with E-state index >= 15 is 0 Å². The Kier molecular flexibility index (Phi) is 6.69. The number of aromatic nitrogens is 4. The van der Waals surface area contributed by atoms with Crippen LogP contribution in [0.5, 0.6) is 0 Å². The Morgan fingerprint density at radius 2 is 0.857 bits per heavy atom. The predicted molar refractivity (Wildman–Crippen MR) is 191 cm³/mol. The highest BCUT2D eigenvalue weighted by molar-refractivity contribution is 5.90. The lowest BCUT2D eigenvalue weighted by Gasteiger charge is -2.34. The van der Waals surface area contributed by atoms with E-state index in [9.17, 15) is 0 Å². The van der Waals surface area contributed by atoms with Gasteiger partial charge in [-0.15, -0.1) is 0 Å². The van der Waals surface area contributed by atoms with Gasteiger partial charge in [0.05, 0.1) is 17.8 Å².